The van der Waals surface area contributed by atoms with Gasteiger partial charge in [0.1, 0.15) is 0 Å². The third-order valence-corrected chi connectivity index (χ3v) is 4.70. The van der Waals surface area contributed by atoms with Crippen LogP contribution in [0.4, 0.5) is 0 Å². The molecular weight excluding hydrogens is 338 g/mol. The number of nitrogens with one attached hydrogen (secondary N) is 1. The van der Waals surface area contributed by atoms with E-state index < -0.39 is 10.0 Å². The van der Waals surface area contributed by atoms with Crippen LogP contribution in [0, 0.1) is 5.41 Å². The first-order valence-corrected chi connectivity index (χ1v) is 8.39. The van der Waals surface area contributed by atoms with E-state index in [4.69, 9.17) is 11.6 Å². The molecule has 3 nitrogen and oxygen atoms in total. The molecule has 0 amide bonds. The molecule has 0 saturated heterocycles. The molecule has 0 heterocycles. The monoisotopic (exact) mass is 353 g/mol. The van der Waals surface area contributed by atoms with Crippen LogP contribution in [0.3, 0.4) is 0 Å². The number of hydrogen-bond donors (Lipinski definition) is 1. The fourth-order valence-corrected chi connectivity index (χ4v) is 3.70. The van der Waals surface area contributed by atoms with Crippen molar-refractivity contribution in [2.75, 3.05) is 12.4 Å². The highest BCUT2D eigenvalue weighted by Crippen LogP contribution is 2.21. The molecule has 0 saturated carbocycles. The highest BCUT2D eigenvalue weighted by Gasteiger charge is 2.21. The molecule has 18 heavy (non-hydrogen) atoms. The molecule has 6 heteroatoms. The van der Waals surface area contributed by atoms with Gasteiger partial charge in [0, 0.05) is 16.9 Å². The molecule has 1 aromatic rings. The highest BCUT2D eigenvalue weighted by molar-refractivity contribution is 9.10. The van der Waals surface area contributed by atoms with Crippen molar-refractivity contribution in [3.05, 3.63) is 28.7 Å². The molecule has 0 aliphatic carbocycles. The second-order valence-electron chi connectivity index (χ2n) is 4.89. The lowest BCUT2D eigenvalue weighted by atomic mass is 9.91. The molecule has 1 rings (SSSR count). The zero-order valence-corrected chi connectivity index (χ0v) is 13.6. The fourth-order valence-electron chi connectivity index (χ4n) is 1.35. The topological polar surface area (TPSA) is 46.2 Å². The van der Waals surface area contributed by atoms with Crippen LogP contribution in [0.5, 0.6) is 0 Å². The number of hydrogen-bond acceptors (Lipinski definition) is 2. The van der Waals surface area contributed by atoms with Crippen molar-refractivity contribution in [3.8, 4) is 0 Å². The third kappa shape index (κ3) is 4.88. The van der Waals surface area contributed by atoms with Gasteiger partial charge in [0.05, 0.1) is 4.90 Å². The van der Waals surface area contributed by atoms with Gasteiger partial charge in [-0.3, -0.25) is 0 Å². The number of halogens is 2. The smallest absolute Gasteiger partial charge is 0.211 e. The number of sulfonamides is 1. The van der Waals surface area contributed by atoms with Gasteiger partial charge in [0.15, 0.2) is 0 Å². The SMILES string of the molecule is CC(C)(CCCl)CNS(=O)(=O)c1cccc(Br)c1. The predicted molar refractivity (Wildman–Crippen MR) is 78.4 cm³/mol. The Labute approximate surface area is 122 Å². The maximum absolute atomic E-state index is 12.1. The first kappa shape index (κ1) is 16.0. The molecular formula is C12H17BrClNO2S. The second kappa shape index (κ2) is 6.37. The van der Waals surface area contributed by atoms with Gasteiger partial charge in [-0.2, -0.15) is 0 Å². The van der Waals surface area contributed by atoms with Crippen LogP contribution in [0.1, 0.15) is 20.3 Å². The Morgan fingerprint density at radius 1 is 1.39 bits per heavy atom. The maximum Gasteiger partial charge on any atom is 0.240 e. The first-order chi connectivity index (χ1) is 8.27. The molecule has 1 aromatic carbocycles. The molecule has 0 aromatic heterocycles. The van der Waals surface area contributed by atoms with Crippen LogP contribution >= 0.6 is 27.5 Å². The summed E-state index contributed by atoms with van der Waals surface area (Å²) >= 11 is 8.95. The van der Waals surface area contributed by atoms with Crippen molar-refractivity contribution < 1.29 is 8.42 Å². The predicted octanol–water partition coefficient (Wildman–Crippen LogP) is 3.38. The standard InChI is InChI=1S/C12H17BrClNO2S/c1-12(2,6-7-14)9-15-18(16,17)11-5-3-4-10(13)8-11/h3-5,8,15H,6-7,9H2,1-2H3. The summed E-state index contributed by atoms with van der Waals surface area (Å²) < 4.78 is 27.5. The Balaban J connectivity index is 2.78. The molecule has 0 aliphatic rings. The van der Waals surface area contributed by atoms with Gasteiger partial charge >= 0.3 is 0 Å². The Morgan fingerprint density at radius 2 is 2.06 bits per heavy atom. The highest BCUT2D eigenvalue weighted by atomic mass is 79.9. The molecule has 0 atom stereocenters. The van der Waals surface area contributed by atoms with Crippen LogP contribution in [-0.4, -0.2) is 20.8 Å². The molecule has 0 spiro atoms. The maximum atomic E-state index is 12.1. The van der Waals surface area contributed by atoms with E-state index in [9.17, 15) is 8.42 Å². The number of benzene rings is 1. The number of rotatable bonds is 6. The van der Waals surface area contributed by atoms with Crippen molar-refractivity contribution in [2.24, 2.45) is 5.41 Å². The Morgan fingerprint density at radius 3 is 2.61 bits per heavy atom. The Hall–Kier alpha value is -0.100. The van der Waals surface area contributed by atoms with Crippen LogP contribution in [-0.2, 0) is 10.0 Å². The van der Waals surface area contributed by atoms with Crippen LogP contribution in [0.2, 0.25) is 0 Å². The van der Waals surface area contributed by atoms with E-state index in [0.717, 1.165) is 10.9 Å². The van der Waals surface area contributed by atoms with E-state index in [2.05, 4.69) is 20.7 Å². The summed E-state index contributed by atoms with van der Waals surface area (Å²) in [6.45, 7) is 4.34. The van der Waals surface area contributed by atoms with Gasteiger partial charge in [0.2, 0.25) is 10.0 Å². The summed E-state index contributed by atoms with van der Waals surface area (Å²) in [7, 11) is -3.46. The fraction of sp³-hybridized carbons (Fsp3) is 0.500. The largest absolute Gasteiger partial charge is 0.240 e. The van der Waals surface area contributed by atoms with E-state index in [0.29, 0.717) is 12.4 Å². The summed E-state index contributed by atoms with van der Waals surface area (Å²) in [6.07, 6.45) is 0.759. The molecule has 1 N–H and O–H groups in total. The van der Waals surface area contributed by atoms with Gasteiger partial charge in [-0.25, -0.2) is 13.1 Å². The van der Waals surface area contributed by atoms with Crippen LogP contribution in [0.15, 0.2) is 33.6 Å². The summed E-state index contributed by atoms with van der Waals surface area (Å²) in [5.74, 6) is 0.519. The summed E-state index contributed by atoms with van der Waals surface area (Å²) in [5.41, 5.74) is -0.152. The second-order valence-corrected chi connectivity index (χ2v) is 7.95. The molecule has 0 radical (unpaired) electrons. The zero-order valence-electron chi connectivity index (χ0n) is 10.4. The average molecular weight is 355 g/mol. The quantitative estimate of drug-likeness (QED) is 0.796. The molecule has 0 bridgehead atoms. The molecule has 0 fully saturated rings. The van der Waals surface area contributed by atoms with Gasteiger partial charge in [-0.05, 0) is 30.0 Å². The lowest BCUT2D eigenvalue weighted by Crippen LogP contribution is -2.34. The minimum absolute atomic E-state index is 0.152. The number of alkyl halides is 1. The van der Waals surface area contributed by atoms with Crippen molar-refractivity contribution in [1.82, 2.24) is 4.72 Å². The molecule has 0 unspecified atom stereocenters. The van der Waals surface area contributed by atoms with Gasteiger partial charge in [-0.1, -0.05) is 35.8 Å². The van der Waals surface area contributed by atoms with Crippen LogP contribution in [0.25, 0.3) is 0 Å². The van der Waals surface area contributed by atoms with Crippen molar-refractivity contribution in [2.45, 2.75) is 25.2 Å². The lowest BCUT2D eigenvalue weighted by Gasteiger charge is -2.23. The van der Waals surface area contributed by atoms with Gasteiger partial charge in [0.25, 0.3) is 0 Å². The van der Waals surface area contributed by atoms with E-state index >= 15 is 0 Å². The van der Waals surface area contributed by atoms with Gasteiger partial charge in [-0.15, -0.1) is 11.6 Å². The van der Waals surface area contributed by atoms with Crippen molar-refractivity contribution >= 4 is 37.6 Å². The Kier molecular flexibility index (Phi) is 5.65. The molecule has 102 valence electrons. The summed E-state index contributed by atoms with van der Waals surface area (Å²) in [6, 6.07) is 6.64. The Bertz CT molecular complexity index is 503. The van der Waals surface area contributed by atoms with E-state index in [1.54, 1.807) is 24.3 Å². The zero-order chi connectivity index (χ0) is 13.8. The van der Waals surface area contributed by atoms with Crippen molar-refractivity contribution in [3.63, 3.8) is 0 Å². The lowest BCUT2D eigenvalue weighted by molar-refractivity contribution is 0.352. The van der Waals surface area contributed by atoms with Crippen molar-refractivity contribution in [1.29, 1.82) is 0 Å². The van der Waals surface area contributed by atoms with E-state index in [-0.39, 0.29) is 10.3 Å². The van der Waals surface area contributed by atoms with Crippen LogP contribution < -0.4 is 4.72 Å². The summed E-state index contributed by atoms with van der Waals surface area (Å²) in [5, 5.41) is 0. The minimum Gasteiger partial charge on any atom is -0.211 e. The van der Waals surface area contributed by atoms with Gasteiger partial charge < -0.3 is 0 Å². The van der Waals surface area contributed by atoms with E-state index in [1.807, 2.05) is 13.8 Å². The minimum atomic E-state index is -3.46. The summed E-state index contributed by atoms with van der Waals surface area (Å²) in [4.78, 5) is 0.263. The normalized spacial score (nSPS) is 12.7. The average Bonchev–Trinajstić information content (AvgIpc) is 2.27. The van der Waals surface area contributed by atoms with E-state index in [1.165, 1.54) is 0 Å². The third-order valence-electron chi connectivity index (χ3n) is 2.62. The molecule has 0 aliphatic heterocycles. The first-order valence-electron chi connectivity index (χ1n) is 5.58.